The first-order valence-electron chi connectivity index (χ1n) is 19.4. The molecule has 0 fully saturated rings. The molecule has 0 saturated carbocycles. The van der Waals surface area contributed by atoms with E-state index in [0.717, 1.165) is 5.69 Å². The van der Waals surface area contributed by atoms with E-state index in [4.69, 9.17) is 0 Å². The Labute approximate surface area is 318 Å². The molecule has 3 aliphatic rings. The van der Waals surface area contributed by atoms with Crippen molar-refractivity contribution in [1.29, 1.82) is 0 Å². The second-order valence-corrected chi connectivity index (χ2v) is 17.3. The number of benzene rings is 8. The molecule has 0 aliphatic heterocycles. The molecule has 260 valence electrons. The lowest BCUT2D eigenvalue weighted by molar-refractivity contribution is 0.652. The molecule has 0 radical (unpaired) electrons. The Kier molecular flexibility index (Phi) is 6.21. The van der Waals surface area contributed by atoms with Crippen molar-refractivity contribution in [2.24, 2.45) is 0 Å². The first kappa shape index (κ1) is 31.6. The molecule has 0 heterocycles. The molecule has 0 bridgehead atoms. The van der Waals surface area contributed by atoms with E-state index in [-0.39, 0.29) is 16.2 Å². The van der Waals surface area contributed by atoms with E-state index in [9.17, 15) is 0 Å². The van der Waals surface area contributed by atoms with Crippen molar-refractivity contribution >= 4 is 38.6 Å². The van der Waals surface area contributed by atoms with Crippen molar-refractivity contribution in [3.8, 4) is 33.4 Å². The van der Waals surface area contributed by atoms with Crippen LogP contribution in [0.1, 0.15) is 74.9 Å². The third kappa shape index (κ3) is 4.00. The highest BCUT2D eigenvalue weighted by atomic mass is 15.1. The number of hydrogen-bond acceptors (Lipinski definition) is 1. The number of nitrogens with zero attached hydrogens (tertiary/aromatic N) is 1. The minimum atomic E-state index is -0.165. The molecule has 0 unspecified atom stereocenters. The molecule has 0 amide bonds. The summed E-state index contributed by atoms with van der Waals surface area (Å²) in [4.78, 5) is 2.51. The summed E-state index contributed by atoms with van der Waals surface area (Å²) in [5, 5.41) is 5.20. The Morgan fingerprint density at radius 2 is 0.944 bits per heavy atom. The molecule has 8 aromatic carbocycles. The van der Waals surface area contributed by atoms with Crippen molar-refractivity contribution in [2.45, 2.75) is 57.8 Å². The van der Waals surface area contributed by atoms with Crippen LogP contribution in [0.25, 0.3) is 54.9 Å². The van der Waals surface area contributed by atoms with Gasteiger partial charge in [-0.2, -0.15) is 0 Å². The molecular weight excluding hydrogens is 651 g/mol. The van der Waals surface area contributed by atoms with Crippen molar-refractivity contribution in [2.75, 3.05) is 4.90 Å². The first-order chi connectivity index (χ1) is 26.1. The second-order valence-electron chi connectivity index (χ2n) is 17.3. The lowest BCUT2D eigenvalue weighted by atomic mass is 9.79. The monoisotopic (exact) mass is 693 g/mol. The van der Waals surface area contributed by atoms with Gasteiger partial charge < -0.3 is 4.90 Å². The van der Waals surface area contributed by atoms with Crippen LogP contribution in [0.2, 0.25) is 0 Å². The van der Waals surface area contributed by atoms with Crippen LogP contribution in [0.5, 0.6) is 0 Å². The van der Waals surface area contributed by atoms with E-state index >= 15 is 0 Å². The zero-order valence-corrected chi connectivity index (χ0v) is 31.9. The third-order valence-corrected chi connectivity index (χ3v) is 13.4. The Morgan fingerprint density at radius 1 is 0.352 bits per heavy atom. The summed E-state index contributed by atoms with van der Waals surface area (Å²) in [6, 6.07) is 57.4. The Hall–Kier alpha value is -5.92. The maximum atomic E-state index is 2.52. The van der Waals surface area contributed by atoms with Crippen LogP contribution in [0, 0.1) is 0 Å². The van der Waals surface area contributed by atoms with Crippen LogP contribution in [0.15, 0.2) is 152 Å². The quantitative estimate of drug-likeness (QED) is 0.178. The fraction of sp³-hybridized carbons (Fsp3) is 0.170. The molecule has 54 heavy (non-hydrogen) atoms. The minimum Gasteiger partial charge on any atom is -0.310 e. The van der Waals surface area contributed by atoms with Gasteiger partial charge in [0, 0.05) is 33.0 Å². The standard InChI is InChI=1S/C53H43N/c1-51(2)43-23-15-14-20-36(43)40-29-47-41(30-46(40)51)37-26-25-34(28-45(37)52(47,3)4)54(33-17-8-7-9-18-33)48-31-42-49-35-19-11-10-16-32(35)24-27-44(49)53(5,6)50(42)39-22-13-12-21-38(39)48/h7-31H,1-6H3. The van der Waals surface area contributed by atoms with E-state index in [0.29, 0.717) is 0 Å². The summed E-state index contributed by atoms with van der Waals surface area (Å²) in [6.45, 7) is 14.4. The van der Waals surface area contributed by atoms with Crippen LogP contribution in [0.4, 0.5) is 17.1 Å². The molecule has 8 aromatic rings. The summed E-state index contributed by atoms with van der Waals surface area (Å²) >= 11 is 0. The summed E-state index contributed by atoms with van der Waals surface area (Å²) in [5.74, 6) is 0. The van der Waals surface area contributed by atoms with Crippen LogP contribution >= 0.6 is 0 Å². The van der Waals surface area contributed by atoms with E-state index in [2.05, 4.69) is 198 Å². The van der Waals surface area contributed by atoms with Crippen LogP contribution < -0.4 is 4.90 Å². The SMILES string of the molecule is CC1(C)c2ccccc2-c2cc3c(cc21)-c1ccc(N(c2ccccc2)c2cc4c(c5ccccc25)C(C)(C)c2ccc5ccccc5c2-4)cc1C3(C)C. The molecule has 1 heteroatoms. The summed E-state index contributed by atoms with van der Waals surface area (Å²) in [7, 11) is 0. The molecular formula is C53H43N. The minimum absolute atomic E-state index is 0.0367. The van der Waals surface area contributed by atoms with Gasteiger partial charge in [0.05, 0.1) is 5.69 Å². The molecule has 11 rings (SSSR count). The van der Waals surface area contributed by atoms with Gasteiger partial charge in [0.25, 0.3) is 0 Å². The van der Waals surface area contributed by atoms with E-state index in [1.165, 1.54) is 99.7 Å². The predicted octanol–water partition coefficient (Wildman–Crippen LogP) is 14.4. The fourth-order valence-corrected chi connectivity index (χ4v) is 10.7. The predicted molar refractivity (Wildman–Crippen MR) is 229 cm³/mol. The third-order valence-electron chi connectivity index (χ3n) is 13.4. The van der Waals surface area contributed by atoms with E-state index in [1.54, 1.807) is 0 Å². The van der Waals surface area contributed by atoms with Crippen molar-refractivity contribution < 1.29 is 0 Å². The van der Waals surface area contributed by atoms with Crippen molar-refractivity contribution in [1.82, 2.24) is 0 Å². The zero-order chi connectivity index (χ0) is 36.7. The molecule has 0 N–H and O–H groups in total. The number of fused-ring (bicyclic) bond motifs is 13. The largest absolute Gasteiger partial charge is 0.310 e. The molecule has 1 nitrogen and oxygen atoms in total. The number of para-hydroxylation sites is 1. The fourth-order valence-electron chi connectivity index (χ4n) is 10.7. The lowest BCUT2D eigenvalue weighted by Gasteiger charge is -2.31. The second kappa shape index (κ2) is 10.6. The van der Waals surface area contributed by atoms with Gasteiger partial charge in [-0.15, -0.1) is 0 Å². The van der Waals surface area contributed by atoms with Gasteiger partial charge in [-0.25, -0.2) is 0 Å². The molecule has 0 saturated heterocycles. The van der Waals surface area contributed by atoms with Crippen molar-refractivity contribution in [3.63, 3.8) is 0 Å². The number of rotatable bonds is 3. The van der Waals surface area contributed by atoms with Gasteiger partial charge in [0.15, 0.2) is 0 Å². The molecule has 3 aliphatic carbocycles. The summed E-state index contributed by atoms with van der Waals surface area (Å²) < 4.78 is 0. The number of anilines is 3. The molecule has 0 atom stereocenters. The Bertz CT molecular complexity index is 2900. The van der Waals surface area contributed by atoms with Gasteiger partial charge in [-0.1, -0.05) is 151 Å². The van der Waals surface area contributed by atoms with Crippen LogP contribution in [-0.4, -0.2) is 0 Å². The molecule has 0 aromatic heterocycles. The van der Waals surface area contributed by atoms with E-state index < -0.39 is 0 Å². The maximum Gasteiger partial charge on any atom is 0.0546 e. The molecule has 0 spiro atoms. The number of hydrogen-bond donors (Lipinski definition) is 0. The lowest BCUT2D eigenvalue weighted by Crippen LogP contribution is -2.18. The summed E-state index contributed by atoms with van der Waals surface area (Å²) in [5.41, 5.74) is 19.9. The van der Waals surface area contributed by atoms with Gasteiger partial charge in [0.2, 0.25) is 0 Å². The maximum absolute atomic E-state index is 2.52. The van der Waals surface area contributed by atoms with Gasteiger partial charge in [-0.3, -0.25) is 0 Å². The van der Waals surface area contributed by atoms with Crippen LogP contribution in [-0.2, 0) is 16.2 Å². The van der Waals surface area contributed by atoms with Gasteiger partial charge >= 0.3 is 0 Å². The highest BCUT2D eigenvalue weighted by molar-refractivity contribution is 6.11. The topological polar surface area (TPSA) is 3.24 Å². The van der Waals surface area contributed by atoms with Gasteiger partial charge in [0.1, 0.15) is 0 Å². The zero-order valence-electron chi connectivity index (χ0n) is 31.9. The van der Waals surface area contributed by atoms with Crippen LogP contribution in [0.3, 0.4) is 0 Å². The van der Waals surface area contributed by atoms with Gasteiger partial charge in [-0.05, 0) is 125 Å². The smallest absolute Gasteiger partial charge is 0.0546 e. The Balaban J connectivity index is 1.15. The normalized spacial score (nSPS) is 16.0. The average Bonchev–Trinajstić information content (AvgIpc) is 3.67. The Morgan fingerprint density at radius 3 is 1.70 bits per heavy atom. The van der Waals surface area contributed by atoms with E-state index in [1.807, 2.05) is 0 Å². The van der Waals surface area contributed by atoms with Crippen molar-refractivity contribution in [3.05, 3.63) is 185 Å². The summed E-state index contributed by atoms with van der Waals surface area (Å²) in [6.07, 6.45) is 0. The average molecular weight is 694 g/mol. The highest BCUT2D eigenvalue weighted by Crippen LogP contribution is 2.59. The highest BCUT2D eigenvalue weighted by Gasteiger charge is 2.43. The first-order valence-corrected chi connectivity index (χ1v) is 19.4.